The second-order valence-electron chi connectivity index (χ2n) is 7.82. The fraction of sp³-hybridized carbons (Fsp3) is 0.261. The van der Waals surface area contributed by atoms with Crippen molar-refractivity contribution in [2.45, 2.75) is 32.7 Å². The molecule has 3 aromatic rings. The molecule has 0 bridgehead atoms. The number of nitrogens with zero attached hydrogens (tertiary/aromatic N) is 2. The largest absolute Gasteiger partial charge is 0.497 e. The predicted molar refractivity (Wildman–Crippen MR) is 114 cm³/mol. The summed E-state index contributed by atoms with van der Waals surface area (Å²) in [5.41, 5.74) is 2.96. The number of rotatable bonds is 5. The first-order chi connectivity index (χ1) is 13.8. The number of carbonyl (C=O) groups excluding carboxylic acids is 1. The lowest BCUT2D eigenvalue weighted by Crippen LogP contribution is -2.29. The first-order valence-corrected chi connectivity index (χ1v) is 9.39. The van der Waals surface area contributed by atoms with Crippen molar-refractivity contribution in [3.63, 3.8) is 0 Å². The molecule has 1 N–H and O–H groups in total. The highest BCUT2D eigenvalue weighted by Crippen LogP contribution is 2.23. The Morgan fingerprint density at radius 2 is 1.79 bits per heavy atom. The van der Waals surface area contributed by atoms with Gasteiger partial charge in [-0.3, -0.25) is 9.59 Å². The summed E-state index contributed by atoms with van der Waals surface area (Å²) in [6.07, 6.45) is 0. The fourth-order valence-corrected chi connectivity index (χ4v) is 2.89. The van der Waals surface area contributed by atoms with Crippen LogP contribution in [0.1, 0.15) is 26.3 Å². The average Bonchev–Trinajstić information content (AvgIpc) is 2.69. The van der Waals surface area contributed by atoms with E-state index in [1.54, 1.807) is 13.2 Å². The summed E-state index contributed by atoms with van der Waals surface area (Å²) in [6.45, 7) is 6.23. The quantitative estimate of drug-likeness (QED) is 0.717. The number of carbonyl (C=O) groups is 1. The third-order valence-corrected chi connectivity index (χ3v) is 4.56. The summed E-state index contributed by atoms with van der Waals surface area (Å²) in [7, 11) is 1.59. The van der Waals surface area contributed by atoms with Crippen LogP contribution in [0, 0.1) is 0 Å². The number of amides is 1. The minimum absolute atomic E-state index is 0.0420. The molecule has 0 spiro atoms. The Balaban J connectivity index is 1.75. The standard InChI is InChI=1S/C23H25N3O3/c1-23(2,3)17-8-10-18(11-9-17)24-21(27)15-26-22(28)13-12-20(25-26)16-6-5-7-19(14-16)29-4/h5-14H,15H2,1-4H3,(H,24,27). The normalized spacial score (nSPS) is 11.2. The number of ether oxygens (including phenoxy) is 1. The van der Waals surface area contributed by atoms with Crippen molar-refractivity contribution in [2.75, 3.05) is 12.4 Å². The Bertz CT molecular complexity index is 1060. The summed E-state index contributed by atoms with van der Waals surface area (Å²) < 4.78 is 6.39. The van der Waals surface area contributed by atoms with Gasteiger partial charge in [-0.15, -0.1) is 0 Å². The zero-order valence-electron chi connectivity index (χ0n) is 17.1. The molecule has 0 atom stereocenters. The Kier molecular flexibility index (Phi) is 5.82. The van der Waals surface area contributed by atoms with Gasteiger partial charge in [0.05, 0.1) is 12.8 Å². The lowest BCUT2D eigenvalue weighted by atomic mass is 9.87. The van der Waals surface area contributed by atoms with Gasteiger partial charge in [0.15, 0.2) is 0 Å². The van der Waals surface area contributed by atoms with Crippen molar-refractivity contribution in [1.29, 1.82) is 0 Å². The van der Waals surface area contributed by atoms with Gasteiger partial charge < -0.3 is 10.1 Å². The SMILES string of the molecule is COc1cccc(-c2ccc(=O)n(CC(=O)Nc3ccc(C(C)(C)C)cc3)n2)c1. The van der Waals surface area contributed by atoms with Gasteiger partial charge >= 0.3 is 0 Å². The number of hydrogen-bond donors (Lipinski definition) is 1. The molecule has 0 radical (unpaired) electrons. The van der Waals surface area contributed by atoms with Crippen molar-refractivity contribution in [2.24, 2.45) is 0 Å². The first kappa shape index (κ1) is 20.3. The molecule has 0 unspecified atom stereocenters. The van der Waals surface area contributed by atoms with E-state index in [0.29, 0.717) is 17.1 Å². The van der Waals surface area contributed by atoms with Crippen LogP contribution in [-0.2, 0) is 16.8 Å². The van der Waals surface area contributed by atoms with Crippen LogP contribution in [-0.4, -0.2) is 22.8 Å². The predicted octanol–water partition coefficient (Wildman–Crippen LogP) is 3.86. The number of nitrogens with one attached hydrogen (secondary N) is 1. The van der Waals surface area contributed by atoms with E-state index in [4.69, 9.17) is 4.74 Å². The van der Waals surface area contributed by atoms with Gasteiger partial charge in [-0.25, -0.2) is 4.68 Å². The molecule has 29 heavy (non-hydrogen) atoms. The maximum atomic E-state index is 12.4. The van der Waals surface area contributed by atoms with Crippen LogP contribution >= 0.6 is 0 Å². The van der Waals surface area contributed by atoms with Crippen molar-refractivity contribution in [3.05, 3.63) is 76.6 Å². The van der Waals surface area contributed by atoms with Gasteiger partial charge in [-0.2, -0.15) is 5.10 Å². The molecule has 6 nitrogen and oxygen atoms in total. The maximum absolute atomic E-state index is 12.4. The van der Waals surface area contributed by atoms with Gasteiger partial charge in [0.2, 0.25) is 5.91 Å². The molecule has 1 heterocycles. The van der Waals surface area contributed by atoms with E-state index in [2.05, 4.69) is 31.2 Å². The highest BCUT2D eigenvalue weighted by Gasteiger charge is 2.14. The smallest absolute Gasteiger partial charge is 0.267 e. The third-order valence-electron chi connectivity index (χ3n) is 4.56. The molecule has 3 rings (SSSR count). The molecule has 0 aliphatic rings. The Morgan fingerprint density at radius 3 is 2.45 bits per heavy atom. The van der Waals surface area contributed by atoms with E-state index >= 15 is 0 Å². The minimum Gasteiger partial charge on any atom is -0.497 e. The van der Waals surface area contributed by atoms with Crippen LogP contribution in [0.15, 0.2) is 65.5 Å². The van der Waals surface area contributed by atoms with Gasteiger partial charge in [-0.1, -0.05) is 45.0 Å². The maximum Gasteiger partial charge on any atom is 0.267 e. The van der Waals surface area contributed by atoms with Crippen molar-refractivity contribution >= 4 is 11.6 Å². The van der Waals surface area contributed by atoms with Crippen molar-refractivity contribution in [3.8, 4) is 17.0 Å². The highest BCUT2D eigenvalue weighted by molar-refractivity contribution is 5.90. The first-order valence-electron chi connectivity index (χ1n) is 9.39. The summed E-state index contributed by atoms with van der Waals surface area (Å²) in [5.74, 6) is 0.379. The zero-order chi connectivity index (χ0) is 21.0. The lowest BCUT2D eigenvalue weighted by molar-refractivity contribution is -0.117. The summed E-state index contributed by atoms with van der Waals surface area (Å²) in [5, 5.41) is 7.15. The molecule has 0 saturated heterocycles. The average molecular weight is 391 g/mol. The second-order valence-corrected chi connectivity index (χ2v) is 7.82. The lowest BCUT2D eigenvalue weighted by Gasteiger charge is -2.19. The summed E-state index contributed by atoms with van der Waals surface area (Å²) >= 11 is 0. The van der Waals surface area contributed by atoms with Gasteiger partial charge in [0, 0.05) is 17.3 Å². The van der Waals surface area contributed by atoms with E-state index in [-0.39, 0.29) is 23.4 Å². The molecule has 0 aliphatic carbocycles. The number of anilines is 1. The molecular weight excluding hydrogens is 366 g/mol. The van der Waals surface area contributed by atoms with Crippen LogP contribution in [0.25, 0.3) is 11.3 Å². The zero-order valence-corrected chi connectivity index (χ0v) is 17.1. The van der Waals surface area contributed by atoms with Crippen molar-refractivity contribution in [1.82, 2.24) is 9.78 Å². The van der Waals surface area contributed by atoms with E-state index in [0.717, 1.165) is 10.2 Å². The fourth-order valence-electron chi connectivity index (χ4n) is 2.89. The molecular formula is C23H25N3O3. The van der Waals surface area contributed by atoms with Crippen LogP contribution < -0.4 is 15.6 Å². The van der Waals surface area contributed by atoms with E-state index < -0.39 is 0 Å². The molecule has 1 aromatic heterocycles. The van der Waals surface area contributed by atoms with Crippen LogP contribution in [0.4, 0.5) is 5.69 Å². The van der Waals surface area contributed by atoms with Crippen molar-refractivity contribution < 1.29 is 9.53 Å². The Hall–Kier alpha value is -3.41. The Labute approximate surface area is 170 Å². The molecule has 6 heteroatoms. The van der Waals surface area contributed by atoms with Crippen LogP contribution in [0.2, 0.25) is 0 Å². The molecule has 0 aliphatic heterocycles. The number of hydrogen-bond acceptors (Lipinski definition) is 4. The molecule has 150 valence electrons. The second kappa shape index (κ2) is 8.31. The van der Waals surface area contributed by atoms with E-state index in [1.807, 2.05) is 48.5 Å². The summed E-state index contributed by atoms with van der Waals surface area (Å²) in [4.78, 5) is 24.6. The molecule has 0 saturated carbocycles. The van der Waals surface area contributed by atoms with E-state index in [1.165, 1.54) is 11.6 Å². The van der Waals surface area contributed by atoms with Crippen LogP contribution in [0.3, 0.4) is 0 Å². The molecule has 0 fully saturated rings. The number of aromatic nitrogens is 2. The topological polar surface area (TPSA) is 73.2 Å². The monoisotopic (exact) mass is 391 g/mol. The number of benzene rings is 2. The summed E-state index contributed by atoms with van der Waals surface area (Å²) in [6, 6.07) is 18.1. The molecule has 2 aromatic carbocycles. The third kappa shape index (κ3) is 5.10. The van der Waals surface area contributed by atoms with Crippen LogP contribution in [0.5, 0.6) is 5.75 Å². The molecule has 1 amide bonds. The van der Waals surface area contributed by atoms with E-state index in [9.17, 15) is 9.59 Å². The Morgan fingerprint density at radius 1 is 1.07 bits per heavy atom. The van der Waals surface area contributed by atoms with Gasteiger partial charge in [-0.05, 0) is 41.3 Å². The highest BCUT2D eigenvalue weighted by atomic mass is 16.5. The van der Waals surface area contributed by atoms with Gasteiger partial charge in [0.25, 0.3) is 5.56 Å². The number of methoxy groups -OCH3 is 1. The van der Waals surface area contributed by atoms with Gasteiger partial charge in [0.1, 0.15) is 12.3 Å². The minimum atomic E-state index is -0.338.